The van der Waals surface area contributed by atoms with E-state index in [1.165, 1.54) is 19.3 Å². The first kappa shape index (κ1) is 15.2. The van der Waals surface area contributed by atoms with E-state index in [4.69, 9.17) is 4.74 Å². The van der Waals surface area contributed by atoms with Gasteiger partial charge in [-0.2, -0.15) is 0 Å². The van der Waals surface area contributed by atoms with Gasteiger partial charge in [0.1, 0.15) is 0 Å². The first-order valence-electron chi connectivity index (χ1n) is 8.11. The normalized spacial score (nSPS) is 41.6. The van der Waals surface area contributed by atoms with Crippen LogP contribution in [0, 0.1) is 28.1 Å². The Hall–Kier alpha value is -0.670. The van der Waals surface area contributed by atoms with E-state index in [0.717, 1.165) is 19.3 Å². The van der Waals surface area contributed by atoms with Gasteiger partial charge < -0.3 is 4.74 Å². The van der Waals surface area contributed by atoms with Crippen molar-refractivity contribution in [3.63, 3.8) is 0 Å². The Kier molecular flexibility index (Phi) is 3.38. The number of carbonyl (C=O) groups excluding carboxylic acids is 1. The fourth-order valence-corrected chi connectivity index (χ4v) is 5.67. The molecular weight excluding hydrogens is 274 g/mol. The second-order valence-corrected chi connectivity index (χ2v) is 8.76. The summed E-state index contributed by atoms with van der Waals surface area (Å²) in [7, 11) is 0. The number of rotatable bonds is 3. The summed E-state index contributed by atoms with van der Waals surface area (Å²) in [4.78, 5) is 12.5. The SMILES string of the molecule is CC(C)(C)C12CC3CC(CC(C(=O)OCC(F)F)(C3)C1)C2. The lowest BCUT2D eigenvalue weighted by Gasteiger charge is -2.65. The van der Waals surface area contributed by atoms with E-state index in [1.54, 1.807) is 0 Å². The van der Waals surface area contributed by atoms with Gasteiger partial charge in [-0.05, 0) is 61.2 Å². The highest BCUT2D eigenvalue weighted by Crippen LogP contribution is 2.70. The Labute approximate surface area is 125 Å². The van der Waals surface area contributed by atoms with Crippen LogP contribution in [0.1, 0.15) is 59.3 Å². The van der Waals surface area contributed by atoms with E-state index >= 15 is 0 Å². The molecule has 0 amide bonds. The van der Waals surface area contributed by atoms with Gasteiger partial charge in [-0.3, -0.25) is 4.79 Å². The molecule has 0 N–H and O–H groups in total. The number of esters is 1. The predicted molar refractivity (Wildman–Crippen MR) is 76.0 cm³/mol. The predicted octanol–water partition coefficient (Wildman–Crippen LogP) is 4.43. The zero-order chi connectivity index (χ0) is 15.5. The Morgan fingerprint density at radius 2 is 1.76 bits per heavy atom. The molecule has 2 unspecified atom stereocenters. The molecule has 0 aromatic heterocycles. The Bertz CT molecular complexity index is 425. The van der Waals surface area contributed by atoms with Crippen molar-refractivity contribution in [2.75, 3.05) is 6.61 Å². The highest BCUT2D eigenvalue weighted by atomic mass is 19.3. The fraction of sp³-hybridized carbons (Fsp3) is 0.941. The highest BCUT2D eigenvalue weighted by Gasteiger charge is 2.64. The van der Waals surface area contributed by atoms with E-state index in [2.05, 4.69) is 20.8 Å². The van der Waals surface area contributed by atoms with E-state index in [1.807, 2.05) is 0 Å². The lowest BCUT2D eigenvalue weighted by atomic mass is 9.39. The van der Waals surface area contributed by atoms with Crippen LogP contribution in [0.2, 0.25) is 0 Å². The van der Waals surface area contributed by atoms with Crippen LogP contribution in [0.25, 0.3) is 0 Å². The lowest BCUT2D eigenvalue weighted by Crippen LogP contribution is -2.59. The summed E-state index contributed by atoms with van der Waals surface area (Å²) in [5.74, 6) is 0.791. The Balaban J connectivity index is 1.85. The highest BCUT2D eigenvalue weighted by molar-refractivity contribution is 5.77. The van der Waals surface area contributed by atoms with E-state index < -0.39 is 18.4 Å². The van der Waals surface area contributed by atoms with Crippen LogP contribution in [0.5, 0.6) is 0 Å². The maximum absolute atomic E-state index is 12.5. The van der Waals surface area contributed by atoms with E-state index in [9.17, 15) is 13.6 Å². The van der Waals surface area contributed by atoms with Gasteiger partial charge in [0.15, 0.2) is 6.61 Å². The van der Waals surface area contributed by atoms with Crippen LogP contribution in [0.15, 0.2) is 0 Å². The topological polar surface area (TPSA) is 26.3 Å². The molecule has 0 heterocycles. The molecule has 4 saturated carbocycles. The van der Waals surface area contributed by atoms with Gasteiger partial charge in [0.05, 0.1) is 5.41 Å². The fourth-order valence-electron chi connectivity index (χ4n) is 5.67. The number of alkyl halides is 2. The van der Waals surface area contributed by atoms with Crippen LogP contribution >= 0.6 is 0 Å². The van der Waals surface area contributed by atoms with Crippen molar-refractivity contribution in [2.24, 2.45) is 28.1 Å². The van der Waals surface area contributed by atoms with Gasteiger partial charge in [0.2, 0.25) is 0 Å². The monoisotopic (exact) mass is 300 g/mol. The smallest absolute Gasteiger partial charge is 0.312 e. The van der Waals surface area contributed by atoms with Gasteiger partial charge in [0, 0.05) is 0 Å². The third-order valence-corrected chi connectivity index (χ3v) is 6.43. The maximum atomic E-state index is 12.5. The standard InChI is InChI=1S/C17H26F2O2/c1-15(2,3)17-7-11-4-12(8-17)6-16(5-11,10-17)14(20)21-9-13(18)19/h11-13H,4-10H2,1-3H3. The van der Waals surface area contributed by atoms with Crippen LogP contribution in [-0.2, 0) is 9.53 Å². The molecule has 2 atom stereocenters. The number of hydrogen-bond donors (Lipinski definition) is 0. The maximum Gasteiger partial charge on any atom is 0.312 e. The third-order valence-electron chi connectivity index (χ3n) is 6.43. The molecule has 4 rings (SSSR count). The second-order valence-electron chi connectivity index (χ2n) is 8.76. The Morgan fingerprint density at radius 1 is 1.19 bits per heavy atom. The van der Waals surface area contributed by atoms with Crippen LogP contribution in [-0.4, -0.2) is 19.0 Å². The molecule has 4 bridgehead atoms. The summed E-state index contributed by atoms with van der Waals surface area (Å²) in [6.07, 6.45) is 3.56. The molecule has 4 fully saturated rings. The van der Waals surface area contributed by atoms with Gasteiger partial charge in [0.25, 0.3) is 6.43 Å². The molecule has 4 aliphatic rings. The van der Waals surface area contributed by atoms with Crippen molar-refractivity contribution in [1.82, 2.24) is 0 Å². The number of hydrogen-bond acceptors (Lipinski definition) is 2. The molecular formula is C17H26F2O2. The van der Waals surface area contributed by atoms with E-state index in [0.29, 0.717) is 11.8 Å². The van der Waals surface area contributed by atoms with Crippen molar-refractivity contribution >= 4 is 5.97 Å². The first-order chi connectivity index (χ1) is 9.66. The van der Waals surface area contributed by atoms with Crippen LogP contribution in [0.3, 0.4) is 0 Å². The molecule has 21 heavy (non-hydrogen) atoms. The van der Waals surface area contributed by atoms with Crippen molar-refractivity contribution in [1.29, 1.82) is 0 Å². The number of ether oxygens (including phenoxy) is 1. The molecule has 0 aromatic rings. The summed E-state index contributed by atoms with van der Waals surface area (Å²) >= 11 is 0. The number of carbonyl (C=O) groups is 1. The minimum absolute atomic E-state index is 0.152. The third kappa shape index (κ3) is 2.39. The lowest BCUT2D eigenvalue weighted by molar-refractivity contribution is -0.196. The summed E-state index contributed by atoms with van der Waals surface area (Å²) in [6, 6.07) is 0. The average Bonchev–Trinajstić information content (AvgIpc) is 2.32. The summed E-state index contributed by atoms with van der Waals surface area (Å²) in [5, 5.41) is 0. The van der Waals surface area contributed by atoms with Crippen LogP contribution < -0.4 is 0 Å². The van der Waals surface area contributed by atoms with Crippen LogP contribution in [0.4, 0.5) is 8.78 Å². The summed E-state index contributed by atoms with van der Waals surface area (Å²) in [5.41, 5.74) is -0.147. The zero-order valence-electron chi connectivity index (χ0n) is 13.3. The second kappa shape index (κ2) is 4.66. The van der Waals surface area contributed by atoms with Crippen molar-refractivity contribution in [3.8, 4) is 0 Å². The average molecular weight is 300 g/mol. The molecule has 0 aliphatic heterocycles. The number of halogens is 2. The minimum atomic E-state index is -2.57. The molecule has 0 aromatic carbocycles. The molecule has 4 heteroatoms. The molecule has 120 valence electrons. The molecule has 0 radical (unpaired) electrons. The molecule has 0 spiro atoms. The quantitative estimate of drug-likeness (QED) is 0.721. The van der Waals surface area contributed by atoms with Crippen molar-refractivity contribution < 1.29 is 18.3 Å². The Morgan fingerprint density at radius 3 is 2.24 bits per heavy atom. The van der Waals surface area contributed by atoms with Gasteiger partial charge >= 0.3 is 5.97 Å². The van der Waals surface area contributed by atoms with Gasteiger partial charge in [-0.1, -0.05) is 20.8 Å². The largest absolute Gasteiger partial charge is 0.459 e. The molecule has 0 saturated heterocycles. The zero-order valence-corrected chi connectivity index (χ0v) is 13.3. The van der Waals surface area contributed by atoms with Gasteiger partial charge in [-0.25, -0.2) is 8.78 Å². The molecule has 2 nitrogen and oxygen atoms in total. The summed E-state index contributed by atoms with van der Waals surface area (Å²) in [6.45, 7) is 6.04. The first-order valence-corrected chi connectivity index (χ1v) is 8.11. The van der Waals surface area contributed by atoms with Crippen molar-refractivity contribution in [2.45, 2.75) is 65.7 Å². The summed E-state index contributed by atoms with van der Waals surface area (Å²) < 4.78 is 29.7. The van der Waals surface area contributed by atoms with Crippen molar-refractivity contribution in [3.05, 3.63) is 0 Å². The van der Waals surface area contributed by atoms with Gasteiger partial charge in [-0.15, -0.1) is 0 Å². The minimum Gasteiger partial charge on any atom is -0.459 e. The molecule has 4 aliphatic carbocycles. The van der Waals surface area contributed by atoms with E-state index in [-0.39, 0.29) is 16.8 Å².